The van der Waals surface area contributed by atoms with E-state index >= 15 is 0 Å². The Morgan fingerprint density at radius 1 is 0.875 bits per heavy atom. The second kappa shape index (κ2) is 5.06. The number of rotatable bonds is 3. The van der Waals surface area contributed by atoms with Gasteiger partial charge in [-0.2, -0.15) is 0 Å². The molecular weight excluding hydrogens is 302 g/mol. The summed E-state index contributed by atoms with van der Waals surface area (Å²) in [4.78, 5) is 23.0. The molecule has 4 heteroatoms. The number of benzene rings is 3. The van der Waals surface area contributed by atoms with E-state index in [0.29, 0.717) is 5.56 Å². The smallest absolute Gasteiger partial charge is 0.329 e. The molecule has 116 valence electrons. The number of amides is 1. The molecule has 3 N–H and O–H groups in total. The molecule has 0 bridgehead atoms. The van der Waals surface area contributed by atoms with E-state index in [1.54, 1.807) is 6.07 Å². The highest BCUT2D eigenvalue weighted by atomic mass is 16.4. The van der Waals surface area contributed by atoms with Gasteiger partial charge >= 0.3 is 5.97 Å². The van der Waals surface area contributed by atoms with E-state index in [9.17, 15) is 9.59 Å². The fraction of sp³-hybridized carbons (Fsp3) is 0. The SMILES string of the molecule is NC(=O)/C(=C\C(=O)O)c1cccc2c1-c1cccc3cccc-2c13. The van der Waals surface area contributed by atoms with Crippen molar-refractivity contribution in [2.24, 2.45) is 5.73 Å². The first-order chi connectivity index (χ1) is 11.6. The predicted octanol–water partition coefficient (Wildman–Crippen LogP) is 3.44. The highest BCUT2D eigenvalue weighted by molar-refractivity contribution is 6.26. The fourth-order valence-corrected chi connectivity index (χ4v) is 3.47. The molecule has 0 unspecified atom stereocenters. The number of carboxylic acid groups (broad SMARTS) is 1. The zero-order valence-corrected chi connectivity index (χ0v) is 12.6. The Bertz CT molecular complexity index is 1060. The third kappa shape index (κ3) is 1.93. The standard InChI is InChI=1S/C20H13NO3/c21-20(24)16(10-17(22)23)14-8-3-7-13-12-6-1-4-11-5-2-9-15(18(11)12)19(13)14/h1-10H,(H2,21,24)(H,22,23)/b16-10-. The van der Waals surface area contributed by atoms with E-state index in [4.69, 9.17) is 10.8 Å². The van der Waals surface area contributed by atoms with Crippen molar-refractivity contribution in [2.75, 3.05) is 0 Å². The molecule has 24 heavy (non-hydrogen) atoms. The van der Waals surface area contributed by atoms with Crippen LogP contribution in [-0.4, -0.2) is 17.0 Å². The van der Waals surface area contributed by atoms with Gasteiger partial charge < -0.3 is 10.8 Å². The minimum atomic E-state index is -1.20. The van der Waals surface area contributed by atoms with E-state index in [2.05, 4.69) is 0 Å². The summed E-state index contributed by atoms with van der Waals surface area (Å²) in [7, 11) is 0. The molecule has 0 heterocycles. The normalized spacial score (nSPS) is 12.2. The maximum absolute atomic E-state index is 11.8. The third-order valence-electron chi connectivity index (χ3n) is 4.35. The zero-order chi connectivity index (χ0) is 16.8. The molecule has 1 amide bonds. The highest BCUT2D eigenvalue weighted by Gasteiger charge is 2.26. The summed E-state index contributed by atoms with van der Waals surface area (Å²) in [6.45, 7) is 0. The van der Waals surface area contributed by atoms with Gasteiger partial charge in [0, 0.05) is 6.08 Å². The van der Waals surface area contributed by atoms with E-state index in [-0.39, 0.29) is 5.57 Å². The third-order valence-corrected chi connectivity index (χ3v) is 4.35. The van der Waals surface area contributed by atoms with Crippen LogP contribution in [0.3, 0.4) is 0 Å². The van der Waals surface area contributed by atoms with Crippen LogP contribution in [-0.2, 0) is 9.59 Å². The lowest BCUT2D eigenvalue weighted by molar-refractivity contribution is -0.131. The van der Waals surface area contributed by atoms with Crippen molar-refractivity contribution in [2.45, 2.75) is 0 Å². The van der Waals surface area contributed by atoms with Crippen molar-refractivity contribution >= 4 is 28.2 Å². The summed E-state index contributed by atoms with van der Waals surface area (Å²) in [5.41, 5.74) is 9.91. The molecule has 0 radical (unpaired) electrons. The summed E-state index contributed by atoms with van der Waals surface area (Å²) in [5.74, 6) is -1.95. The van der Waals surface area contributed by atoms with E-state index in [1.165, 1.54) is 0 Å². The Morgan fingerprint density at radius 3 is 2.17 bits per heavy atom. The molecule has 0 atom stereocenters. The van der Waals surface area contributed by atoms with Crippen LogP contribution in [0.1, 0.15) is 5.56 Å². The van der Waals surface area contributed by atoms with Crippen LogP contribution >= 0.6 is 0 Å². The van der Waals surface area contributed by atoms with Crippen LogP contribution in [0.2, 0.25) is 0 Å². The minimum absolute atomic E-state index is 0.00385. The number of carboxylic acids is 1. The minimum Gasteiger partial charge on any atom is -0.478 e. The van der Waals surface area contributed by atoms with Gasteiger partial charge in [-0.25, -0.2) is 4.79 Å². The number of carbonyl (C=O) groups excluding carboxylic acids is 1. The van der Waals surface area contributed by atoms with Crippen LogP contribution in [0, 0.1) is 0 Å². The number of aliphatic carboxylic acids is 1. The molecule has 0 saturated heterocycles. The highest BCUT2D eigenvalue weighted by Crippen LogP contribution is 2.49. The van der Waals surface area contributed by atoms with Crippen LogP contribution in [0.5, 0.6) is 0 Å². The lowest BCUT2D eigenvalue weighted by atomic mass is 9.92. The second-order valence-electron chi connectivity index (χ2n) is 5.70. The first-order valence-corrected chi connectivity index (χ1v) is 7.48. The number of hydrogen-bond donors (Lipinski definition) is 2. The van der Waals surface area contributed by atoms with Gasteiger partial charge in [-0.05, 0) is 38.6 Å². The van der Waals surface area contributed by atoms with Crippen LogP contribution in [0.15, 0.2) is 60.7 Å². The number of hydrogen-bond acceptors (Lipinski definition) is 2. The zero-order valence-electron chi connectivity index (χ0n) is 12.6. The Labute approximate surface area is 137 Å². The maximum atomic E-state index is 11.8. The topological polar surface area (TPSA) is 80.4 Å². The summed E-state index contributed by atoms with van der Waals surface area (Å²) < 4.78 is 0. The lowest BCUT2D eigenvalue weighted by Crippen LogP contribution is -2.15. The summed E-state index contributed by atoms with van der Waals surface area (Å²) in [6, 6.07) is 17.6. The Morgan fingerprint density at radius 2 is 1.50 bits per heavy atom. The lowest BCUT2D eigenvalue weighted by Gasteiger charge is -2.11. The van der Waals surface area contributed by atoms with Gasteiger partial charge in [0.15, 0.2) is 0 Å². The summed E-state index contributed by atoms with van der Waals surface area (Å²) >= 11 is 0. The first kappa shape index (κ1) is 14.2. The van der Waals surface area contributed by atoms with Crippen molar-refractivity contribution in [3.63, 3.8) is 0 Å². The largest absolute Gasteiger partial charge is 0.478 e. The van der Waals surface area contributed by atoms with Crippen molar-refractivity contribution in [3.8, 4) is 22.3 Å². The summed E-state index contributed by atoms with van der Waals surface area (Å²) in [6.07, 6.45) is 0.876. The van der Waals surface area contributed by atoms with Gasteiger partial charge in [0.2, 0.25) is 5.91 Å². The second-order valence-corrected chi connectivity index (χ2v) is 5.70. The Hall–Kier alpha value is -3.40. The summed E-state index contributed by atoms with van der Waals surface area (Å²) in [5, 5.41) is 11.3. The quantitative estimate of drug-likeness (QED) is 0.568. The molecule has 0 spiro atoms. The van der Waals surface area contributed by atoms with Crippen LogP contribution in [0.4, 0.5) is 0 Å². The average molecular weight is 315 g/mol. The average Bonchev–Trinajstić information content (AvgIpc) is 2.89. The van der Waals surface area contributed by atoms with E-state index in [0.717, 1.165) is 39.1 Å². The van der Waals surface area contributed by atoms with Gasteiger partial charge in [0.25, 0.3) is 0 Å². The molecule has 3 aromatic carbocycles. The van der Waals surface area contributed by atoms with E-state index < -0.39 is 11.9 Å². The van der Waals surface area contributed by atoms with Gasteiger partial charge in [-0.3, -0.25) is 4.79 Å². The van der Waals surface area contributed by atoms with Crippen molar-refractivity contribution < 1.29 is 14.7 Å². The molecule has 4 nitrogen and oxygen atoms in total. The molecular formula is C20H13NO3. The molecule has 0 aromatic heterocycles. The molecule has 0 saturated carbocycles. The fourth-order valence-electron chi connectivity index (χ4n) is 3.47. The molecule has 1 aliphatic rings. The number of fused-ring (bicyclic) bond motifs is 3. The van der Waals surface area contributed by atoms with Crippen LogP contribution < -0.4 is 5.73 Å². The van der Waals surface area contributed by atoms with Gasteiger partial charge in [-0.1, -0.05) is 54.6 Å². The van der Waals surface area contributed by atoms with Crippen molar-refractivity contribution in [1.82, 2.24) is 0 Å². The van der Waals surface area contributed by atoms with Crippen molar-refractivity contribution in [3.05, 3.63) is 66.2 Å². The maximum Gasteiger partial charge on any atom is 0.329 e. The Kier molecular flexibility index (Phi) is 3.00. The van der Waals surface area contributed by atoms with E-state index in [1.807, 2.05) is 48.5 Å². The predicted molar refractivity (Wildman–Crippen MR) is 93.2 cm³/mol. The first-order valence-electron chi connectivity index (χ1n) is 7.48. The number of carbonyl (C=O) groups is 2. The van der Waals surface area contributed by atoms with Gasteiger partial charge in [0.1, 0.15) is 0 Å². The number of nitrogens with two attached hydrogens (primary N) is 1. The van der Waals surface area contributed by atoms with Gasteiger partial charge in [0.05, 0.1) is 5.57 Å². The molecule has 0 fully saturated rings. The molecule has 4 rings (SSSR count). The monoisotopic (exact) mass is 315 g/mol. The van der Waals surface area contributed by atoms with Gasteiger partial charge in [-0.15, -0.1) is 0 Å². The number of primary amides is 1. The molecule has 1 aliphatic carbocycles. The Balaban J connectivity index is 2.10. The molecule has 0 aliphatic heterocycles. The van der Waals surface area contributed by atoms with Crippen molar-refractivity contribution in [1.29, 1.82) is 0 Å². The van der Waals surface area contributed by atoms with Crippen LogP contribution in [0.25, 0.3) is 38.6 Å². The molecule has 3 aromatic rings.